The topological polar surface area (TPSA) is 49.3 Å². The summed E-state index contributed by atoms with van der Waals surface area (Å²) in [5.74, 6) is -1.13. The van der Waals surface area contributed by atoms with Crippen molar-refractivity contribution in [2.75, 3.05) is 0 Å². The van der Waals surface area contributed by atoms with Crippen molar-refractivity contribution >= 4 is 21.9 Å². The van der Waals surface area contributed by atoms with Crippen molar-refractivity contribution in [2.24, 2.45) is 5.92 Å². The van der Waals surface area contributed by atoms with Gasteiger partial charge < -0.3 is 10.4 Å². The number of hydrogen-bond acceptors (Lipinski definition) is 2. The van der Waals surface area contributed by atoms with E-state index in [4.69, 9.17) is 5.11 Å². The maximum atomic E-state index is 13.0. The van der Waals surface area contributed by atoms with Crippen LogP contribution in [0.2, 0.25) is 0 Å². The molecule has 5 heteroatoms. The number of carboxylic acids is 1. The minimum absolute atomic E-state index is 0.0476. The first-order valence-electron chi connectivity index (χ1n) is 5.85. The molecule has 3 nitrogen and oxygen atoms in total. The van der Waals surface area contributed by atoms with Gasteiger partial charge in [0.15, 0.2) is 0 Å². The Morgan fingerprint density at radius 2 is 2.22 bits per heavy atom. The average Bonchev–Trinajstić information content (AvgIpc) is 2.33. The summed E-state index contributed by atoms with van der Waals surface area (Å²) in [7, 11) is 0. The van der Waals surface area contributed by atoms with Crippen LogP contribution in [0.3, 0.4) is 0 Å². The lowest BCUT2D eigenvalue weighted by atomic mass is 9.99. The Morgan fingerprint density at radius 3 is 2.72 bits per heavy atom. The molecule has 0 aliphatic heterocycles. The van der Waals surface area contributed by atoms with Crippen LogP contribution in [0.15, 0.2) is 22.7 Å². The highest BCUT2D eigenvalue weighted by Crippen LogP contribution is 2.17. The van der Waals surface area contributed by atoms with Gasteiger partial charge in [-0.05, 0) is 39.5 Å². The van der Waals surface area contributed by atoms with Gasteiger partial charge in [0.25, 0.3) is 0 Å². The number of aliphatic carboxylic acids is 1. The standard InChI is InChI=1S/C13H17BrFNO2/c1-3-8(2)12(13(17)18)16-7-9-4-5-11(15)10(14)6-9/h4-6,8,12,16H,3,7H2,1-2H3,(H,17,18)/t8-,12-/m0/s1. The number of hydrogen-bond donors (Lipinski definition) is 2. The Bertz CT molecular complexity index is 425. The van der Waals surface area contributed by atoms with Gasteiger partial charge in [-0.25, -0.2) is 4.39 Å². The zero-order valence-corrected chi connectivity index (χ0v) is 12.0. The molecule has 2 atom stereocenters. The zero-order chi connectivity index (χ0) is 13.7. The highest BCUT2D eigenvalue weighted by molar-refractivity contribution is 9.10. The van der Waals surface area contributed by atoms with E-state index in [1.807, 2.05) is 13.8 Å². The number of benzene rings is 1. The first kappa shape index (κ1) is 15.1. The molecule has 0 aliphatic rings. The zero-order valence-electron chi connectivity index (χ0n) is 10.4. The van der Waals surface area contributed by atoms with Crippen molar-refractivity contribution in [2.45, 2.75) is 32.9 Å². The van der Waals surface area contributed by atoms with E-state index in [1.54, 1.807) is 12.1 Å². The molecule has 0 spiro atoms. The van der Waals surface area contributed by atoms with Crippen molar-refractivity contribution in [3.05, 3.63) is 34.1 Å². The van der Waals surface area contributed by atoms with Crippen LogP contribution in [0.25, 0.3) is 0 Å². The molecule has 1 aromatic carbocycles. The summed E-state index contributed by atoms with van der Waals surface area (Å²) in [4.78, 5) is 11.1. The minimum Gasteiger partial charge on any atom is -0.480 e. The van der Waals surface area contributed by atoms with Gasteiger partial charge in [0.05, 0.1) is 4.47 Å². The second kappa shape index (κ2) is 6.85. The van der Waals surface area contributed by atoms with Gasteiger partial charge in [0.2, 0.25) is 0 Å². The lowest BCUT2D eigenvalue weighted by Gasteiger charge is -2.20. The van der Waals surface area contributed by atoms with Crippen LogP contribution in [0, 0.1) is 11.7 Å². The number of carbonyl (C=O) groups is 1. The van der Waals surface area contributed by atoms with Gasteiger partial charge in [-0.3, -0.25) is 4.79 Å². The van der Waals surface area contributed by atoms with E-state index < -0.39 is 12.0 Å². The van der Waals surface area contributed by atoms with Crippen LogP contribution in [0.4, 0.5) is 4.39 Å². The van der Waals surface area contributed by atoms with Crippen LogP contribution >= 0.6 is 15.9 Å². The molecule has 0 saturated carbocycles. The van der Waals surface area contributed by atoms with Gasteiger partial charge in [0, 0.05) is 6.54 Å². The lowest BCUT2D eigenvalue weighted by Crippen LogP contribution is -2.41. The van der Waals surface area contributed by atoms with Gasteiger partial charge >= 0.3 is 5.97 Å². The average molecular weight is 318 g/mol. The van der Waals surface area contributed by atoms with Gasteiger partial charge in [-0.1, -0.05) is 26.3 Å². The van der Waals surface area contributed by atoms with E-state index in [1.165, 1.54) is 6.07 Å². The fraction of sp³-hybridized carbons (Fsp3) is 0.462. The normalized spacial score (nSPS) is 14.2. The van der Waals surface area contributed by atoms with Gasteiger partial charge in [-0.2, -0.15) is 0 Å². The highest BCUT2D eigenvalue weighted by Gasteiger charge is 2.22. The van der Waals surface area contributed by atoms with E-state index in [0.717, 1.165) is 12.0 Å². The second-order valence-corrected chi connectivity index (χ2v) is 5.19. The molecule has 2 N–H and O–H groups in total. The molecule has 0 bridgehead atoms. The van der Waals surface area contributed by atoms with E-state index >= 15 is 0 Å². The van der Waals surface area contributed by atoms with Crippen molar-refractivity contribution in [3.8, 4) is 0 Å². The van der Waals surface area contributed by atoms with Crippen LogP contribution in [-0.2, 0) is 11.3 Å². The number of carboxylic acid groups (broad SMARTS) is 1. The SMILES string of the molecule is CC[C@H](C)[C@H](NCc1ccc(F)c(Br)c1)C(=O)O. The third-order valence-corrected chi connectivity index (χ3v) is 3.60. The van der Waals surface area contributed by atoms with Crippen molar-refractivity contribution in [1.82, 2.24) is 5.32 Å². The molecule has 0 unspecified atom stereocenters. The summed E-state index contributed by atoms with van der Waals surface area (Å²) in [5.41, 5.74) is 0.845. The summed E-state index contributed by atoms with van der Waals surface area (Å²) in [6.07, 6.45) is 0.789. The fourth-order valence-corrected chi connectivity index (χ4v) is 2.07. The maximum absolute atomic E-state index is 13.0. The first-order chi connectivity index (χ1) is 8.45. The molecular formula is C13H17BrFNO2. The first-order valence-corrected chi connectivity index (χ1v) is 6.65. The molecule has 1 aromatic rings. The quantitative estimate of drug-likeness (QED) is 0.847. The Labute approximate surface area is 115 Å². The Hall–Kier alpha value is -0.940. The maximum Gasteiger partial charge on any atom is 0.320 e. The van der Waals surface area contributed by atoms with Gasteiger partial charge in [-0.15, -0.1) is 0 Å². The number of nitrogens with one attached hydrogen (secondary N) is 1. The molecule has 0 fully saturated rings. The van der Waals surface area contributed by atoms with E-state index in [0.29, 0.717) is 11.0 Å². The predicted octanol–water partition coefficient (Wildman–Crippen LogP) is 3.18. The molecule has 0 aromatic heterocycles. The molecule has 0 heterocycles. The lowest BCUT2D eigenvalue weighted by molar-refractivity contribution is -0.140. The molecule has 0 saturated heterocycles. The van der Waals surface area contributed by atoms with E-state index in [2.05, 4.69) is 21.2 Å². The van der Waals surface area contributed by atoms with E-state index in [-0.39, 0.29) is 11.7 Å². The smallest absolute Gasteiger partial charge is 0.320 e. The molecule has 0 amide bonds. The third-order valence-electron chi connectivity index (χ3n) is 2.99. The second-order valence-electron chi connectivity index (χ2n) is 4.33. The molecule has 0 radical (unpaired) electrons. The van der Waals surface area contributed by atoms with Crippen molar-refractivity contribution in [3.63, 3.8) is 0 Å². The summed E-state index contributed by atoms with van der Waals surface area (Å²) >= 11 is 3.11. The van der Waals surface area contributed by atoms with E-state index in [9.17, 15) is 9.18 Å². The molecule has 1 rings (SSSR count). The summed E-state index contributed by atoms with van der Waals surface area (Å²) in [6, 6.07) is 4.07. The predicted molar refractivity (Wildman–Crippen MR) is 71.8 cm³/mol. The van der Waals surface area contributed by atoms with Crippen LogP contribution in [-0.4, -0.2) is 17.1 Å². The monoisotopic (exact) mass is 317 g/mol. The summed E-state index contributed by atoms with van der Waals surface area (Å²) in [5, 5.41) is 12.1. The summed E-state index contributed by atoms with van der Waals surface area (Å²) < 4.78 is 13.4. The Balaban J connectivity index is 2.67. The third kappa shape index (κ3) is 4.07. The van der Waals surface area contributed by atoms with Crippen LogP contribution in [0.5, 0.6) is 0 Å². The fourth-order valence-electron chi connectivity index (χ4n) is 1.64. The van der Waals surface area contributed by atoms with Crippen LogP contribution < -0.4 is 5.32 Å². The summed E-state index contributed by atoms with van der Waals surface area (Å²) in [6.45, 7) is 4.25. The molecule has 18 heavy (non-hydrogen) atoms. The number of rotatable bonds is 6. The minimum atomic E-state index is -0.856. The number of halogens is 2. The van der Waals surface area contributed by atoms with Crippen LogP contribution in [0.1, 0.15) is 25.8 Å². The Morgan fingerprint density at radius 1 is 1.56 bits per heavy atom. The molecule has 0 aliphatic carbocycles. The van der Waals surface area contributed by atoms with Crippen molar-refractivity contribution in [1.29, 1.82) is 0 Å². The highest BCUT2D eigenvalue weighted by atomic mass is 79.9. The molecular weight excluding hydrogens is 301 g/mol. The van der Waals surface area contributed by atoms with Crippen molar-refractivity contribution < 1.29 is 14.3 Å². The van der Waals surface area contributed by atoms with Gasteiger partial charge in [0.1, 0.15) is 11.9 Å². The molecule has 100 valence electrons. The Kier molecular flexibility index (Phi) is 5.75. The largest absolute Gasteiger partial charge is 0.480 e.